The van der Waals surface area contributed by atoms with Gasteiger partial charge in [-0.15, -0.1) is 0 Å². The molecule has 92 valence electrons. The number of hydrogen-bond donors (Lipinski definition) is 2. The highest BCUT2D eigenvalue weighted by Crippen LogP contribution is 2.21. The van der Waals surface area contributed by atoms with Gasteiger partial charge in [0.15, 0.2) is 5.11 Å². The Hall–Kier alpha value is -1.09. The SMILES string of the molecule is CC(C)CNC(=S)NC1Cc2ccccc2C1. The number of thiocarbonyl (C=S) groups is 1. The van der Waals surface area contributed by atoms with E-state index < -0.39 is 0 Å². The Labute approximate surface area is 109 Å². The first-order chi connectivity index (χ1) is 8.15. The number of fused-ring (bicyclic) bond motifs is 1. The summed E-state index contributed by atoms with van der Waals surface area (Å²) in [6.07, 6.45) is 2.17. The highest BCUT2D eigenvalue weighted by molar-refractivity contribution is 7.80. The average Bonchev–Trinajstić information content (AvgIpc) is 2.68. The van der Waals surface area contributed by atoms with Gasteiger partial charge in [0.05, 0.1) is 0 Å². The van der Waals surface area contributed by atoms with Crippen molar-refractivity contribution in [3.63, 3.8) is 0 Å². The Bertz CT molecular complexity index is 376. The van der Waals surface area contributed by atoms with E-state index in [4.69, 9.17) is 12.2 Å². The van der Waals surface area contributed by atoms with Crippen molar-refractivity contribution in [3.8, 4) is 0 Å². The molecule has 0 amide bonds. The summed E-state index contributed by atoms with van der Waals surface area (Å²) in [5.41, 5.74) is 2.91. The van der Waals surface area contributed by atoms with Crippen molar-refractivity contribution in [2.45, 2.75) is 32.7 Å². The molecule has 0 saturated carbocycles. The minimum Gasteiger partial charge on any atom is -0.362 e. The van der Waals surface area contributed by atoms with Crippen molar-refractivity contribution < 1.29 is 0 Å². The number of nitrogens with one attached hydrogen (secondary N) is 2. The van der Waals surface area contributed by atoms with Gasteiger partial charge in [-0.2, -0.15) is 0 Å². The predicted molar refractivity (Wildman–Crippen MR) is 76.2 cm³/mol. The summed E-state index contributed by atoms with van der Waals surface area (Å²) in [5.74, 6) is 0.621. The molecule has 1 aliphatic rings. The van der Waals surface area contributed by atoms with Crippen LogP contribution in [-0.4, -0.2) is 17.7 Å². The van der Waals surface area contributed by atoms with E-state index in [0.29, 0.717) is 12.0 Å². The smallest absolute Gasteiger partial charge is 0.166 e. The largest absolute Gasteiger partial charge is 0.362 e. The van der Waals surface area contributed by atoms with E-state index in [-0.39, 0.29) is 0 Å². The zero-order chi connectivity index (χ0) is 12.3. The molecule has 0 fully saturated rings. The number of benzene rings is 1. The molecule has 2 rings (SSSR count). The maximum Gasteiger partial charge on any atom is 0.166 e. The van der Waals surface area contributed by atoms with Crippen LogP contribution in [-0.2, 0) is 12.8 Å². The fourth-order valence-corrected chi connectivity index (χ4v) is 2.44. The second-order valence-electron chi connectivity index (χ2n) is 5.12. The van der Waals surface area contributed by atoms with Crippen LogP contribution in [0.5, 0.6) is 0 Å². The molecular formula is C14H20N2S. The standard InChI is InChI=1S/C14H20N2S/c1-10(2)9-15-14(17)16-13-7-11-5-3-4-6-12(11)8-13/h3-6,10,13H,7-9H2,1-2H3,(H2,15,16,17). The molecule has 1 aromatic rings. The van der Waals surface area contributed by atoms with Crippen LogP contribution in [0.25, 0.3) is 0 Å². The first-order valence-electron chi connectivity index (χ1n) is 6.26. The molecule has 0 spiro atoms. The Morgan fingerprint density at radius 1 is 1.29 bits per heavy atom. The average molecular weight is 248 g/mol. The molecule has 0 unspecified atom stereocenters. The minimum atomic E-state index is 0.458. The van der Waals surface area contributed by atoms with Crippen molar-refractivity contribution in [2.24, 2.45) is 5.92 Å². The van der Waals surface area contributed by atoms with Gasteiger partial charge in [-0.1, -0.05) is 38.1 Å². The van der Waals surface area contributed by atoms with Gasteiger partial charge < -0.3 is 10.6 Å². The predicted octanol–water partition coefficient (Wildman–Crippen LogP) is 2.27. The van der Waals surface area contributed by atoms with E-state index in [1.54, 1.807) is 0 Å². The summed E-state index contributed by atoms with van der Waals surface area (Å²) in [4.78, 5) is 0. The van der Waals surface area contributed by atoms with Crippen LogP contribution >= 0.6 is 12.2 Å². The molecular weight excluding hydrogens is 228 g/mol. The van der Waals surface area contributed by atoms with Gasteiger partial charge in [0.1, 0.15) is 0 Å². The van der Waals surface area contributed by atoms with Crippen LogP contribution in [0, 0.1) is 5.92 Å². The maximum absolute atomic E-state index is 5.30. The normalized spacial score (nSPS) is 14.8. The first kappa shape index (κ1) is 12.4. The second kappa shape index (κ2) is 5.50. The van der Waals surface area contributed by atoms with Gasteiger partial charge in [-0.05, 0) is 42.1 Å². The molecule has 0 heterocycles. The Morgan fingerprint density at radius 2 is 1.88 bits per heavy atom. The zero-order valence-electron chi connectivity index (χ0n) is 10.5. The summed E-state index contributed by atoms with van der Waals surface area (Å²) < 4.78 is 0. The molecule has 0 saturated heterocycles. The van der Waals surface area contributed by atoms with Crippen LogP contribution in [0.4, 0.5) is 0 Å². The van der Waals surface area contributed by atoms with E-state index in [1.165, 1.54) is 11.1 Å². The summed E-state index contributed by atoms with van der Waals surface area (Å²) in [6, 6.07) is 9.09. The molecule has 0 bridgehead atoms. The Balaban J connectivity index is 1.81. The molecule has 0 radical (unpaired) electrons. The van der Waals surface area contributed by atoms with Crippen LogP contribution in [0.1, 0.15) is 25.0 Å². The second-order valence-corrected chi connectivity index (χ2v) is 5.53. The van der Waals surface area contributed by atoms with Gasteiger partial charge in [0, 0.05) is 12.6 Å². The molecule has 1 aliphatic carbocycles. The molecule has 0 atom stereocenters. The van der Waals surface area contributed by atoms with Crippen LogP contribution < -0.4 is 10.6 Å². The van der Waals surface area contributed by atoms with E-state index in [1.807, 2.05) is 0 Å². The lowest BCUT2D eigenvalue weighted by Crippen LogP contribution is -2.43. The van der Waals surface area contributed by atoms with Crippen molar-refractivity contribution in [2.75, 3.05) is 6.54 Å². The summed E-state index contributed by atoms with van der Waals surface area (Å²) in [5, 5.41) is 7.45. The van der Waals surface area contributed by atoms with Crippen LogP contribution in [0.15, 0.2) is 24.3 Å². The fraction of sp³-hybridized carbons (Fsp3) is 0.500. The zero-order valence-corrected chi connectivity index (χ0v) is 11.3. The summed E-state index contributed by atoms with van der Waals surface area (Å²) in [6.45, 7) is 5.30. The van der Waals surface area contributed by atoms with Crippen molar-refractivity contribution >= 4 is 17.3 Å². The lowest BCUT2D eigenvalue weighted by atomic mass is 10.1. The third-order valence-electron chi connectivity index (χ3n) is 3.06. The lowest BCUT2D eigenvalue weighted by molar-refractivity contribution is 0.595. The van der Waals surface area contributed by atoms with Gasteiger partial charge >= 0.3 is 0 Å². The topological polar surface area (TPSA) is 24.1 Å². The van der Waals surface area contributed by atoms with Gasteiger partial charge in [0.25, 0.3) is 0 Å². The molecule has 2 N–H and O–H groups in total. The van der Waals surface area contributed by atoms with Gasteiger partial charge in [-0.25, -0.2) is 0 Å². The summed E-state index contributed by atoms with van der Waals surface area (Å²) in [7, 11) is 0. The first-order valence-corrected chi connectivity index (χ1v) is 6.67. The molecule has 3 heteroatoms. The van der Waals surface area contributed by atoms with Gasteiger partial charge in [0.2, 0.25) is 0 Å². The lowest BCUT2D eigenvalue weighted by Gasteiger charge is -2.16. The molecule has 1 aromatic carbocycles. The maximum atomic E-state index is 5.30. The molecule has 2 nitrogen and oxygen atoms in total. The van der Waals surface area contributed by atoms with Crippen LogP contribution in [0.3, 0.4) is 0 Å². The van der Waals surface area contributed by atoms with Crippen molar-refractivity contribution in [3.05, 3.63) is 35.4 Å². The van der Waals surface area contributed by atoms with Gasteiger partial charge in [-0.3, -0.25) is 0 Å². The fourth-order valence-electron chi connectivity index (χ4n) is 2.19. The molecule has 0 aromatic heterocycles. The highest BCUT2D eigenvalue weighted by atomic mass is 32.1. The van der Waals surface area contributed by atoms with E-state index >= 15 is 0 Å². The van der Waals surface area contributed by atoms with Crippen molar-refractivity contribution in [1.29, 1.82) is 0 Å². The van der Waals surface area contributed by atoms with E-state index in [2.05, 4.69) is 48.7 Å². The quantitative estimate of drug-likeness (QED) is 0.803. The number of hydrogen-bond acceptors (Lipinski definition) is 1. The Kier molecular flexibility index (Phi) is 4.00. The Morgan fingerprint density at radius 3 is 2.41 bits per heavy atom. The molecule has 17 heavy (non-hydrogen) atoms. The highest BCUT2D eigenvalue weighted by Gasteiger charge is 2.21. The van der Waals surface area contributed by atoms with Crippen molar-refractivity contribution in [1.82, 2.24) is 10.6 Å². The number of rotatable bonds is 3. The van der Waals surface area contributed by atoms with Crippen LogP contribution in [0.2, 0.25) is 0 Å². The minimum absolute atomic E-state index is 0.458. The van der Waals surface area contributed by atoms with E-state index in [0.717, 1.165) is 24.5 Å². The summed E-state index contributed by atoms with van der Waals surface area (Å²) >= 11 is 5.30. The third kappa shape index (κ3) is 3.43. The third-order valence-corrected chi connectivity index (χ3v) is 3.32. The monoisotopic (exact) mass is 248 g/mol. The molecule has 0 aliphatic heterocycles. The van der Waals surface area contributed by atoms with E-state index in [9.17, 15) is 0 Å².